The van der Waals surface area contributed by atoms with Gasteiger partial charge in [-0.25, -0.2) is 4.79 Å². The maximum atomic E-state index is 11.1. The van der Waals surface area contributed by atoms with Gasteiger partial charge in [-0.2, -0.15) is 0 Å². The monoisotopic (exact) mass is 187 g/mol. The van der Waals surface area contributed by atoms with Gasteiger partial charge < -0.3 is 14.4 Å². The molecule has 13 heavy (non-hydrogen) atoms. The van der Waals surface area contributed by atoms with Crippen molar-refractivity contribution in [1.82, 2.24) is 4.90 Å². The van der Waals surface area contributed by atoms with Crippen molar-refractivity contribution < 1.29 is 14.3 Å². The van der Waals surface area contributed by atoms with Crippen LogP contribution in [-0.2, 0) is 9.47 Å². The number of carbonyl (C=O) groups excluding carboxylic acids is 1. The van der Waals surface area contributed by atoms with E-state index in [1.807, 2.05) is 13.8 Å². The number of rotatable bonds is 3. The van der Waals surface area contributed by atoms with Gasteiger partial charge in [0.25, 0.3) is 0 Å². The van der Waals surface area contributed by atoms with E-state index in [4.69, 9.17) is 9.47 Å². The molecule has 1 saturated heterocycles. The number of ether oxygens (including phenoxy) is 2. The lowest BCUT2D eigenvalue weighted by Crippen LogP contribution is -2.55. The zero-order valence-corrected chi connectivity index (χ0v) is 8.45. The molecule has 0 aromatic rings. The Bertz CT molecular complexity index is 176. The van der Waals surface area contributed by atoms with Crippen molar-refractivity contribution in [3.8, 4) is 0 Å². The van der Waals surface area contributed by atoms with Gasteiger partial charge in [-0.05, 0) is 20.8 Å². The first-order valence-electron chi connectivity index (χ1n) is 4.70. The van der Waals surface area contributed by atoms with E-state index in [-0.39, 0.29) is 18.3 Å². The molecule has 1 fully saturated rings. The van der Waals surface area contributed by atoms with Gasteiger partial charge in [-0.15, -0.1) is 0 Å². The summed E-state index contributed by atoms with van der Waals surface area (Å²) in [5.74, 6) is 0. The molecule has 0 saturated carbocycles. The van der Waals surface area contributed by atoms with Crippen LogP contribution in [0.5, 0.6) is 0 Å². The molecule has 1 aliphatic rings. The first-order chi connectivity index (χ1) is 6.13. The van der Waals surface area contributed by atoms with Gasteiger partial charge >= 0.3 is 6.09 Å². The summed E-state index contributed by atoms with van der Waals surface area (Å²) in [4.78, 5) is 12.8. The molecule has 4 heteroatoms. The molecule has 1 heterocycles. The fourth-order valence-corrected chi connectivity index (χ4v) is 1.27. The van der Waals surface area contributed by atoms with Gasteiger partial charge in [-0.1, -0.05) is 0 Å². The molecule has 0 aliphatic carbocycles. The van der Waals surface area contributed by atoms with E-state index in [1.165, 1.54) is 0 Å². The minimum absolute atomic E-state index is 0.199. The van der Waals surface area contributed by atoms with Crippen LogP contribution >= 0.6 is 0 Å². The molecule has 0 atom stereocenters. The van der Waals surface area contributed by atoms with Gasteiger partial charge in [0.05, 0.1) is 31.9 Å². The average Bonchev–Trinajstić information content (AvgIpc) is 1.95. The summed E-state index contributed by atoms with van der Waals surface area (Å²) < 4.78 is 10.3. The summed E-state index contributed by atoms with van der Waals surface area (Å²) in [6, 6.07) is 0. The van der Waals surface area contributed by atoms with Crippen molar-refractivity contribution in [2.45, 2.75) is 33.0 Å². The Balaban J connectivity index is 2.14. The SMILES string of the molecule is CCOC(=O)N1CC(OC(C)C)C1. The van der Waals surface area contributed by atoms with Gasteiger partial charge in [-0.3, -0.25) is 0 Å². The fraction of sp³-hybridized carbons (Fsp3) is 0.889. The smallest absolute Gasteiger partial charge is 0.409 e. The van der Waals surface area contributed by atoms with Crippen LogP contribution in [0.1, 0.15) is 20.8 Å². The zero-order chi connectivity index (χ0) is 9.84. The number of amides is 1. The van der Waals surface area contributed by atoms with E-state index in [9.17, 15) is 4.79 Å². The Kier molecular flexibility index (Phi) is 3.54. The van der Waals surface area contributed by atoms with Crippen molar-refractivity contribution in [2.75, 3.05) is 19.7 Å². The van der Waals surface area contributed by atoms with Crippen LogP contribution in [0.2, 0.25) is 0 Å². The molecule has 4 nitrogen and oxygen atoms in total. The van der Waals surface area contributed by atoms with Crippen LogP contribution < -0.4 is 0 Å². The maximum absolute atomic E-state index is 11.1. The lowest BCUT2D eigenvalue weighted by Gasteiger charge is -2.38. The molecule has 0 aromatic carbocycles. The Morgan fingerprint density at radius 1 is 1.54 bits per heavy atom. The highest BCUT2D eigenvalue weighted by molar-refractivity contribution is 5.68. The minimum Gasteiger partial charge on any atom is -0.450 e. The number of likely N-dealkylation sites (tertiary alicyclic amines) is 1. The molecule has 0 spiro atoms. The van der Waals surface area contributed by atoms with Gasteiger partial charge in [0.15, 0.2) is 0 Å². The average molecular weight is 187 g/mol. The molecule has 0 N–H and O–H groups in total. The Labute approximate surface area is 78.8 Å². The molecule has 76 valence electrons. The Morgan fingerprint density at radius 2 is 2.15 bits per heavy atom. The second-order valence-corrected chi connectivity index (χ2v) is 3.41. The third-order valence-corrected chi connectivity index (χ3v) is 1.84. The Hall–Kier alpha value is -0.770. The van der Waals surface area contributed by atoms with Crippen LogP contribution in [0.25, 0.3) is 0 Å². The van der Waals surface area contributed by atoms with E-state index in [2.05, 4.69) is 0 Å². The van der Waals surface area contributed by atoms with E-state index in [0.717, 1.165) is 0 Å². The predicted octanol–water partition coefficient (Wildman–Crippen LogP) is 1.25. The molecule has 0 bridgehead atoms. The molecular weight excluding hydrogens is 170 g/mol. The van der Waals surface area contributed by atoms with E-state index in [1.54, 1.807) is 11.8 Å². The van der Waals surface area contributed by atoms with Crippen LogP contribution in [0.15, 0.2) is 0 Å². The number of carbonyl (C=O) groups is 1. The van der Waals surface area contributed by atoms with Crippen LogP contribution in [-0.4, -0.2) is 42.9 Å². The van der Waals surface area contributed by atoms with Gasteiger partial charge in [0, 0.05) is 0 Å². The molecule has 0 aromatic heterocycles. The largest absolute Gasteiger partial charge is 0.450 e. The highest BCUT2D eigenvalue weighted by atomic mass is 16.6. The van der Waals surface area contributed by atoms with Crippen molar-refractivity contribution in [1.29, 1.82) is 0 Å². The summed E-state index contributed by atoms with van der Waals surface area (Å²) in [6.07, 6.45) is 0.199. The second-order valence-electron chi connectivity index (χ2n) is 3.41. The molecule has 1 aliphatic heterocycles. The normalized spacial score (nSPS) is 17.4. The quantitative estimate of drug-likeness (QED) is 0.667. The van der Waals surface area contributed by atoms with E-state index in [0.29, 0.717) is 19.7 Å². The van der Waals surface area contributed by atoms with Crippen LogP contribution in [0.3, 0.4) is 0 Å². The summed E-state index contributed by atoms with van der Waals surface area (Å²) in [6.45, 7) is 7.55. The van der Waals surface area contributed by atoms with E-state index < -0.39 is 0 Å². The number of hydrogen-bond donors (Lipinski definition) is 0. The first-order valence-corrected chi connectivity index (χ1v) is 4.70. The topological polar surface area (TPSA) is 38.8 Å². The van der Waals surface area contributed by atoms with E-state index >= 15 is 0 Å². The fourth-order valence-electron chi connectivity index (χ4n) is 1.27. The third-order valence-electron chi connectivity index (χ3n) is 1.84. The highest BCUT2D eigenvalue weighted by Gasteiger charge is 2.32. The molecule has 1 rings (SSSR count). The summed E-state index contributed by atoms with van der Waals surface area (Å²) in [7, 11) is 0. The van der Waals surface area contributed by atoms with Crippen molar-refractivity contribution in [3.63, 3.8) is 0 Å². The highest BCUT2D eigenvalue weighted by Crippen LogP contribution is 2.14. The molecule has 1 amide bonds. The summed E-state index contributed by atoms with van der Waals surface area (Å²) in [5, 5.41) is 0. The zero-order valence-electron chi connectivity index (χ0n) is 8.45. The summed E-state index contributed by atoms with van der Waals surface area (Å²) in [5.41, 5.74) is 0. The molecule has 0 unspecified atom stereocenters. The minimum atomic E-state index is -0.230. The molecular formula is C9H17NO3. The van der Waals surface area contributed by atoms with Crippen LogP contribution in [0, 0.1) is 0 Å². The predicted molar refractivity (Wildman–Crippen MR) is 48.6 cm³/mol. The second kappa shape index (κ2) is 4.46. The molecule has 0 radical (unpaired) electrons. The lowest BCUT2D eigenvalue weighted by atomic mass is 10.2. The van der Waals surface area contributed by atoms with Gasteiger partial charge in [0.1, 0.15) is 0 Å². The standard InChI is InChI=1S/C9H17NO3/c1-4-12-9(11)10-5-8(6-10)13-7(2)3/h7-8H,4-6H2,1-3H3. The lowest BCUT2D eigenvalue weighted by molar-refractivity contribution is -0.0740. The Morgan fingerprint density at radius 3 is 2.62 bits per heavy atom. The number of hydrogen-bond acceptors (Lipinski definition) is 3. The third kappa shape index (κ3) is 2.88. The van der Waals surface area contributed by atoms with Crippen molar-refractivity contribution in [2.24, 2.45) is 0 Å². The maximum Gasteiger partial charge on any atom is 0.409 e. The van der Waals surface area contributed by atoms with Crippen molar-refractivity contribution >= 4 is 6.09 Å². The first kappa shape index (κ1) is 10.3. The van der Waals surface area contributed by atoms with Gasteiger partial charge in [0.2, 0.25) is 0 Å². The summed E-state index contributed by atoms with van der Waals surface area (Å²) >= 11 is 0. The van der Waals surface area contributed by atoms with Crippen molar-refractivity contribution in [3.05, 3.63) is 0 Å². The number of nitrogens with zero attached hydrogens (tertiary/aromatic N) is 1. The van der Waals surface area contributed by atoms with Crippen LogP contribution in [0.4, 0.5) is 4.79 Å².